The van der Waals surface area contributed by atoms with Crippen molar-refractivity contribution in [1.29, 1.82) is 0 Å². The molecule has 20 heavy (non-hydrogen) atoms. The molecule has 0 bridgehead atoms. The molecule has 0 saturated heterocycles. The molecule has 1 heterocycles. The van der Waals surface area contributed by atoms with Gasteiger partial charge in [-0.3, -0.25) is 0 Å². The van der Waals surface area contributed by atoms with Crippen LogP contribution in [0.25, 0.3) is 0 Å². The molecule has 1 aromatic carbocycles. The molecule has 0 amide bonds. The molecular formula is C16H18BrN3. The number of hydrogen-bond donors (Lipinski definition) is 0. The zero-order valence-corrected chi connectivity index (χ0v) is 13.0. The highest BCUT2D eigenvalue weighted by Gasteiger charge is 2.33. The van der Waals surface area contributed by atoms with Gasteiger partial charge in [0.1, 0.15) is 11.6 Å². The highest BCUT2D eigenvalue weighted by Crippen LogP contribution is 2.42. The van der Waals surface area contributed by atoms with Gasteiger partial charge < -0.3 is 4.57 Å². The number of fused-ring (bicyclic) bond motifs is 1. The van der Waals surface area contributed by atoms with Crippen LogP contribution in [-0.4, -0.2) is 14.8 Å². The van der Waals surface area contributed by atoms with Crippen molar-refractivity contribution in [3.05, 3.63) is 47.0 Å². The number of aryl methyl sites for hydroxylation is 1. The fourth-order valence-electron chi connectivity index (χ4n) is 3.42. The number of aromatic nitrogens is 3. The van der Waals surface area contributed by atoms with Crippen LogP contribution in [0.15, 0.2) is 24.3 Å². The molecule has 4 heteroatoms. The van der Waals surface area contributed by atoms with Crippen LogP contribution in [0, 0.1) is 0 Å². The monoisotopic (exact) mass is 331 g/mol. The zero-order valence-electron chi connectivity index (χ0n) is 11.4. The van der Waals surface area contributed by atoms with E-state index in [0.717, 1.165) is 11.2 Å². The van der Waals surface area contributed by atoms with Gasteiger partial charge in [-0.05, 0) is 43.2 Å². The van der Waals surface area contributed by atoms with Crippen molar-refractivity contribution in [2.75, 3.05) is 0 Å². The minimum atomic E-state index is 0.431. The zero-order chi connectivity index (χ0) is 13.5. The summed E-state index contributed by atoms with van der Waals surface area (Å²) in [7, 11) is 0. The van der Waals surface area contributed by atoms with Crippen molar-refractivity contribution < 1.29 is 0 Å². The SMILES string of the molecule is BrCc1nnc(C2CCCc3ccccc32)n1C1CC1. The van der Waals surface area contributed by atoms with E-state index in [1.807, 2.05) is 0 Å². The molecule has 2 aromatic rings. The molecule has 104 valence electrons. The average molecular weight is 332 g/mol. The molecular weight excluding hydrogens is 314 g/mol. The van der Waals surface area contributed by atoms with Gasteiger partial charge in [0, 0.05) is 12.0 Å². The van der Waals surface area contributed by atoms with E-state index in [1.54, 1.807) is 0 Å². The minimum absolute atomic E-state index is 0.431. The van der Waals surface area contributed by atoms with Gasteiger partial charge in [-0.2, -0.15) is 0 Å². The van der Waals surface area contributed by atoms with Crippen LogP contribution in [0.1, 0.15) is 60.4 Å². The van der Waals surface area contributed by atoms with Gasteiger partial charge in [0.05, 0.1) is 5.33 Å². The van der Waals surface area contributed by atoms with E-state index < -0.39 is 0 Å². The number of hydrogen-bond acceptors (Lipinski definition) is 2. The van der Waals surface area contributed by atoms with Crippen molar-refractivity contribution in [2.24, 2.45) is 0 Å². The van der Waals surface area contributed by atoms with Crippen LogP contribution in [0.5, 0.6) is 0 Å². The van der Waals surface area contributed by atoms with E-state index in [4.69, 9.17) is 0 Å². The maximum Gasteiger partial charge on any atom is 0.143 e. The Kier molecular flexibility index (Phi) is 3.14. The van der Waals surface area contributed by atoms with Crippen LogP contribution in [0.4, 0.5) is 0 Å². The number of rotatable bonds is 3. The molecule has 0 N–H and O–H groups in total. The van der Waals surface area contributed by atoms with Crippen LogP contribution in [0.2, 0.25) is 0 Å². The maximum absolute atomic E-state index is 4.55. The van der Waals surface area contributed by atoms with Crippen LogP contribution < -0.4 is 0 Å². The fourth-order valence-corrected chi connectivity index (χ4v) is 3.80. The van der Waals surface area contributed by atoms with E-state index >= 15 is 0 Å². The summed E-state index contributed by atoms with van der Waals surface area (Å²) >= 11 is 3.55. The molecule has 0 aliphatic heterocycles. The van der Waals surface area contributed by atoms with E-state index in [2.05, 4.69) is 55.0 Å². The summed E-state index contributed by atoms with van der Waals surface area (Å²) < 4.78 is 2.40. The summed E-state index contributed by atoms with van der Waals surface area (Å²) in [5.41, 5.74) is 2.96. The standard InChI is InChI=1S/C16H18BrN3/c17-10-15-18-19-16(20(15)12-8-9-12)14-7-3-5-11-4-1-2-6-13(11)14/h1-2,4,6,12,14H,3,5,7-10H2. The number of benzene rings is 1. The van der Waals surface area contributed by atoms with Crippen LogP contribution >= 0.6 is 15.9 Å². The molecule has 1 unspecified atom stereocenters. The predicted octanol–water partition coefficient (Wildman–Crippen LogP) is 3.98. The summed E-state index contributed by atoms with van der Waals surface area (Å²) in [5, 5.41) is 9.76. The van der Waals surface area contributed by atoms with Crippen molar-refractivity contribution >= 4 is 15.9 Å². The largest absolute Gasteiger partial charge is 0.311 e. The number of halogens is 1. The van der Waals surface area contributed by atoms with Gasteiger partial charge in [0.15, 0.2) is 0 Å². The first-order valence-corrected chi connectivity index (χ1v) is 8.58. The van der Waals surface area contributed by atoms with Gasteiger partial charge in [-0.15, -0.1) is 10.2 Å². The van der Waals surface area contributed by atoms with Crippen LogP contribution in [0.3, 0.4) is 0 Å². The summed E-state index contributed by atoms with van der Waals surface area (Å²) in [6.07, 6.45) is 6.21. The van der Waals surface area contributed by atoms with Gasteiger partial charge in [-0.25, -0.2) is 0 Å². The first-order chi connectivity index (χ1) is 9.88. The summed E-state index contributed by atoms with van der Waals surface area (Å²) in [6.45, 7) is 0. The second-order valence-corrected chi connectivity index (χ2v) is 6.41. The highest BCUT2D eigenvalue weighted by atomic mass is 79.9. The first-order valence-electron chi connectivity index (χ1n) is 7.46. The molecule has 0 radical (unpaired) electrons. The predicted molar refractivity (Wildman–Crippen MR) is 82.1 cm³/mol. The Labute approximate surface area is 127 Å². The molecule has 1 aromatic heterocycles. The Morgan fingerprint density at radius 1 is 1.15 bits per heavy atom. The van der Waals surface area contributed by atoms with Gasteiger partial charge in [0.25, 0.3) is 0 Å². The van der Waals surface area contributed by atoms with Crippen LogP contribution in [-0.2, 0) is 11.8 Å². The summed E-state index contributed by atoms with van der Waals surface area (Å²) in [4.78, 5) is 0. The minimum Gasteiger partial charge on any atom is -0.311 e. The van der Waals surface area contributed by atoms with E-state index in [1.165, 1.54) is 49.1 Å². The van der Waals surface area contributed by atoms with Crippen molar-refractivity contribution in [3.8, 4) is 0 Å². The van der Waals surface area contributed by atoms with Gasteiger partial charge >= 0.3 is 0 Å². The Balaban J connectivity index is 1.81. The molecule has 0 spiro atoms. The lowest BCUT2D eigenvalue weighted by atomic mass is 9.82. The lowest BCUT2D eigenvalue weighted by Gasteiger charge is -2.25. The Morgan fingerprint density at radius 3 is 2.80 bits per heavy atom. The molecule has 4 rings (SSSR count). The molecule has 1 atom stereocenters. The van der Waals surface area contributed by atoms with Crippen molar-refractivity contribution in [2.45, 2.75) is 49.4 Å². The third kappa shape index (κ3) is 2.01. The number of nitrogens with zero attached hydrogens (tertiary/aromatic N) is 3. The van der Waals surface area contributed by atoms with E-state index in [0.29, 0.717) is 12.0 Å². The van der Waals surface area contributed by atoms with Gasteiger partial charge in [-0.1, -0.05) is 40.2 Å². The Morgan fingerprint density at radius 2 is 2.00 bits per heavy atom. The quantitative estimate of drug-likeness (QED) is 0.796. The Bertz CT molecular complexity index is 630. The number of alkyl halides is 1. The maximum atomic E-state index is 4.55. The fraction of sp³-hybridized carbons (Fsp3) is 0.500. The summed E-state index contributed by atoms with van der Waals surface area (Å²) in [6, 6.07) is 9.49. The third-order valence-corrected chi connectivity index (χ3v) is 5.01. The van der Waals surface area contributed by atoms with Gasteiger partial charge in [0.2, 0.25) is 0 Å². The molecule has 2 aliphatic rings. The normalized spacial score (nSPS) is 21.8. The molecule has 3 nitrogen and oxygen atoms in total. The topological polar surface area (TPSA) is 30.7 Å². The molecule has 2 aliphatic carbocycles. The molecule has 1 fully saturated rings. The van der Waals surface area contributed by atoms with E-state index in [-0.39, 0.29) is 0 Å². The summed E-state index contributed by atoms with van der Waals surface area (Å²) in [5.74, 6) is 2.71. The lowest BCUT2D eigenvalue weighted by molar-refractivity contribution is 0.549. The van der Waals surface area contributed by atoms with E-state index in [9.17, 15) is 0 Å². The van der Waals surface area contributed by atoms with Crippen molar-refractivity contribution in [1.82, 2.24) is 14.8 Å². The lowest BCUT2D eigenvalue weighted by Crippen LogP contribution is -2.16. The second kappa shape index (κ2) is 4.99. The smallest absolute Gasteiger partial charge is 0.143 e. The van der Waals surface area contributed by atoms with Crippen molar-refractivity contribution in [3.63, 3.8) is 0 Å². The first kappa shape index (κ1) is 12.6. The molecule has 1 saturated carbocycles. The highest BCUT2D eigenvalue weighted by molar-refractivity contribution is 9.08. The average Bonchev–Trinajstić information content (AvgIpc) is 3.25. The second-order valence-electron chi connectivity index (χ2n) is 5.85. The third-order valence-electron chi connectivity index (χ3n) is 4.51. The Hall–Kier alpha value is -1.16.